The summed E-state index contributed by atoms with van der Waals surface area (Å²) < 4.78 is 18.4. The summed E-state index contributed by atoms with van der Waals surface area (Å²) in [5.74, 6) is -1.41. The average molecular weight is 313 g/mol. The zero-order valence-electron chi connectivity index (χ0n) is 12.6. The van der Waals surface area contributed by atoms with E-state index in [1.54, 1.807) is 12.1 Å². The van der Waals surface area contributed by atoms with Crippen LogP contribution in [0.25, 0.3) is 0 Å². The minimum absolute atomic E-state index is 0.316. The highest BCUT2D eigenvalue weighted by Gasteiger charge is 2.31. The van der Waals surface area contributed by atoms with Crippen molar-refractivity contribution in [3.63, 3.8) is 0 Å². The van der Waals surface area contributed by atoms with E-state index in [9.17, 15) is 14.0 Å². The van der Waals surface area contributed by atoms with Gasteiger partial charge in [0.2, 0.25) is 0 Å². The molecule has 1 aliphatic heterocycles. The summed E-state index contributed by atoms with van der Waals surface area (Å²) in [7, 11) is 0. The fourth-order valence-electron chi connectivity index (χ4n) is 2.60. The number of carbonyl (C=O) groups excluding carboxylic acids is 2. The first-order valence-corrected chi connectivity index (χ1v) is 7.46. The maximum Gasteiger partial charge on any atom is 0.339 e. The molecule has 3 rings (SSSR count). The molecule has 23 heavy (non-hydrogen) atoms. The van der Waals surface area contributed by atoms with E-state index in [0.717, 1.165) is 17.5 Å². The first-order valence-electron chi connectivity index (χ1n) is 7.46. The van der Waals surface area contributed by atoms with Gasteiger partial charge in [0.05, 0.1) is 5.56 Å². The Kier molecular flexibility index (Phi) is 4.10. The molecular weight excluding hydrogens is 297 g/mol. The van der Waals surface area contributed by atoms with Crippen LogP contribution in [-0.4, -0.2) is 18.0 Å². The van der Waals surface area contributed by atoms with E-state index in [4.69, 9.17) is 4.74 Å². The molecule has 2 aromatic rings. The molecule has 0 aliphatic carbocycles. The van der Waals surface area contributed by atoms with Crippen molar-refractivity contribution >= 4 is 17.6 Å². The van der Waals surface area contributed by atoms with Crippen molar-refractivity contribution in [1.82, 2.24) is 0 Å². The van der Waals surface area contributed by atoms with Crippen molar-refractivity contribution in [1.29, 1.82) is 0 Å². The number of rotatable bonds is 3. The third kappa shape index (κ3) is 3.23. The van der Waals surface area contributed by atoms with E-state index in [0.29, 0.717) is 17.7 Å². The van der Waals surface area contributed by atoms with Gasteiger partial charge in [-0.25, -0.2) is 9.18 Å². The standard InChI is InChI=1S/C18H16FNO3/c1-2-11-6-7-15-12(8-11)9-16(23-18(15)22)17(21)20-14-5-3-4-13(19)10-14/h3-8,10,16H,2,9H2,1H3,(H,20,21). The third-order valence-corrected chi connectivity index (χ3v) is 3.84. The van der Waals surface area contributed by atoms with Crippen LogP contribution in [0.15, 0.2) is 42.5 Å². The fourth-order valence-corrected chi connectivity index (χ4v) is 2.60. The molecule has 0 fully saturated rings. The first kappa shape index (κ1) is 15.2. The second kappa shape index (κ2) is 6.20. The number of hydrogen-bond acceptors (Lipinski definition) is 3. The van der Waals surface area contributed by atoms with Crippen LogP contribution in [0.1, 0.15) is 28.4 Å². The van der Waals surface area contributed by atoms with E-state index in [1.807, 2.05) is 19.1 Å². The highest BCUT2D eigenvalue weighted by Crippen LogP contribution is 2.23. The Bertz CT molecular complexity index is 773. The Morgan fingerprint density at radius 2 is 2.13 bits per heavy atom. The molecule has 0 bridgehead atoms. The lowest BCUT2D eigenvalue weighted by atomic mass is 9.95. The van der Waals surface area contributed by atoms with Crippen molar-refractivity contribution in [2.45, 2.75) is 25.9 Å². The minimum atomic E-state index is -0.912. The largest absolute Gasteiger partial charge is 0.448 e. The van der Waals surface area contributed by atoms with E-state index >= 15 is 0 Å². The van der Waals surface area contributed by atoms with Crippen LogP contribution in [0.3, 0.4) is 0 Å². The summed E-state index contributed by atoms with van der Waals surface area (Å²) in [6.07, 6.45) is 0.254. The smallest absolute Gasteiger partial charge is 0.339 e. The zero-order valence-corrected chi connectivity index (χ0v) is 12.6. The van der Waals surface area contributed by atoms with Gasteiger partial charge >= 0.3 is 5.97 Å². The number of halogens is 1. The molecule has 0 aromatic heterocycles. The van der Waals surface area contributed by atoms with Crippen molar-refractivity contribution in [3.8, 4) is 0 Å². The minimum Gasteiger partial charge on any atom is -0.448 e. The number of fused-ring (bicyclic) bond motifs is 1. The maximum atomic E-state index is 13.2. The topological polar surface area (TPSA) is 55.4 Å². The van der Waals surface area contributed by atoms with Gasteiger partial charge in [0.15, 0.2) is 6.10 Å². The Hall–Kier alpha value is -2.69. The molecule has 1 aliphatic rings. The normalized spacial score (nSPS) is 16.4. The molecular formula is C18H16FNO3. The first-order chi connectivity index (χ1) is 11.1. The average Bonchev–Trinajstić information content (AvgIpc) is 2.54. The van der Waals surface area contributed by atoms with Crippen LogP contribution < -0.4 is 5.32 Å². The molecule has 1 unspecified atom stereocenters. The van der Waals surface area contributed by atoms with Gasteiger partial charge < -0.3 is 10.1 Å². The summed E-state index contributed by atoms with van der Waals surface area (Å²) in [6.45, 7) is 2.02. The second-order valence-electron chi connectivity index (χ2n) is 5.44. The highest BCUT2D eigenvalue weighted by molar-refractivity contribution is 6.00. The monoisotopic (exact) mass is 313 g/mol. The molecule has 2 aromatic carbocycles. The van der Waals surface area contributed by atoms with Gasteiger partial charge in [-0.3, -0.25) is 4.79 Å². The predicted molar refractivity (Wildman–Crippen MR) is 83.8 cm³/mol. The van der Waals surface area contributed by atoms with Gasteiger partial charge in [-0.1, -0.05) is 25.1 Å². The lowest BCUT2D eigenvalue weighted by Crippen LogP contribution is -2.38. The van der Waals surface area contributed by atoms with Crippen molar-refractivity contribution < 1.29 is 18.7 Å². The second-order valence-corrected chi connectivity index (χ2v) is 5.44. The molecule has 0 saturated heterocycles. The van der Waals surface area contributed by atoms with Gasteiger partial charge in [0.25, 0.3) is 5.91 Å². The van der Waals surface area contributed by atoms with Gasteiger partial charge in [-0.05, 0) is 41.8 Å². The predicted octanol–water partition coefficient (Wildman–Crippen LogP) is 3.11. The van der Waals surface area contributed by atoms with Gasteiger partial charge in [0, 0.05) is 12.1 Å². The number of ether oxygens (including phenoxy) is 1. The molecule has 1 atom stereocenters. The van der Waals surface area contributed by atoms with Crippen LogP contribution in [0, 0.1) is 5.82 Å². The number of benzene rings is 2. The van der Waals surface area contributed by atoms with Gasteiger partial charge in [-0.15, -0.1) is 0 Å². The van der Waals surface area contributed by atoms with E-state index in [-0.39, 0.29) is 0 Å². The number of aryl methyl sites for hydroxylation is 1. The van der Waals surface area contributed by atoms with Gasteiger partial charge in [-0.2, -0.15) is 0 Å². The lowest BCUT2D eigenvalue weighted by Gasteiger charge is -2.24. The molecule has 1 amide bonds. The molecule has 0 spiro atoms. The van der Waals surface area contributed by atoms with E-state index in [1.165, 1.54) is 18.2 Å². The molecule has 1 heterocycles. The van der Waals surface area contributed by atoms with Crippen LogP contribution in [0.4, 0.5) is 10.1 Å². The Morgan fingerprint density at radius 1 is 1.30 bits per heavy atom. The highest BCUT2D eigenvalue weighted by atomic mass is 19.1. The quantitative estimate of drug-likeness (QED) is 0.886. The zero-order chi connectivity index (χ0) is 16.4. The summed E-state index contributed by atoms with van der Waals surface area (Å²) in [5, 5.41) is 2.58. The third-order valence-electron chi connectivity index (χ3n) is 3.84. The van der Waals surface area contributed by atoms with Crippen LogP contribution in [-0.2, 0) is 22.4 Å². The molecule has 118 valence electrons. The number of cyclic esters (lactones) is 1. The van der Waals surface area contributed by atoms with Crippen LogP contribution in [0.2, 0.25) is 0 Å². The molecule has 0 saturated carbocycles. The Labute approximate surface area is 133 Å². The van der Waals surface area contributed by atoms with Crippen LogP contribution in [0.5, 0.6) is 0 Å². The number of esters is 1. The Balaban J connectivity index is 1.79. The SMILES string of the molecule is CCc1ccc2c(c1)CC(C(=O)Nc1cccc(F)c1)OC2=O. The number of nitrogens with one attached hydrogen (secondary N) is 1. The van der Waals surface area contributed by atoms with Crippen molar-refractivity contribution in [2.24, 2.45) is 0 Å². The summed E-state index contributed by atoms with van der Waals surface area (Å²) in [4.78, 5) is 24.3. The number of amides is 1. The molecule has 5 heteroatoms. The van der Waals surface area contributed by atoms with Crippen LogP contribution >= 0.6 is 0 Å². The maximum absolute atomic E-state index is 13.2. The van der Waals surface area contributed by atoms with Crippen molar-refractivity contribution in [3.05, 3.63) is 65.0 Å². The number of hydrogen-bond donors (Lipinski definition) is 1. The number of carbonyl (C=O) groups is 2. The van der Waals surface area contributed by atoms with E-state index in [2.05, 4.69) is 5.32 Å². The van der Waals surface area contributed by atoms with Crippen molar-refractivity contribution in [2.75, 3.05) is 5.32 Å². The molecule has 0 radical (unpaired) electrons. The fraction of sp³-hybridized carbons (Fsp3) is 0.222. The lowest BCUT2D eigenvalue weighted by molar-refractivity contribution is -0.125. The Morgan fingerprint density at radius 3 is 2.87 bits per heavy atom. The summed E-state index contributed by atoms with van der Waals surface area (Å²) >= 11 is 0. The summed E-state index contributed by atoms with van der Waals surface area (Å²) in [6, 6.07) is 11.1. The van der Waals surface area contributed by atoms with Gasteiger partial charge in [0.1, 0.15) is 5.82 Å². The molecule has 4 nitrogen and oxygen atoms in total. The number of anilines is 1. The summed E-state index contributed by atoms with van der Waals surface area (Å²) in [5.41, 5.74) is 2.74. The molecule has 1 N–H and O–H groups in total. The van der Waals surface area contributed by atoms with E-state index < -0.39 is 23.8 Å².